The minimum Gasteiger partial charge on any atom is -0.457 e. The maximum Gasteiger partial charge on any atom is 0.277 e. The number of ether oxygens (including phenoxy) is 1. The van der Waals surface area contributed by atoms with Crippen LogP contribution in [0.4, 0.5) is 10.1 Å². The zero-order chi connectivity index (χ0) is 19.7. The lowest BCUT2D eigenvalue weighted by Gasteiger charge is -2.15. The third-order valence-corrected chi connectivity index (χ3v) is 4.58. The molecule has 3 aromatic rings. The van der Waals surface area contributed by atoms with Crippen LogP contribution in [-0.2, 0) is 9.59 Å². The monoisotopic (exact) mass is 393 g/mol. The largest absolute Gasteiger partial charge is 0.457 e. The van der Waals surface area contributed by atoms with Gasteiger partial charge >= 0.3 is 0 Å². The molecule has 0 spiro atoms. The second-order valence-corrected chi connectivity index (χ2v) is 6.43. The number of anilines is 1. The van der Waals surface area contributed by atoms with Gasteiger partial charge in [0, 0.05) is 0 Å². The van der Waals surface area contributed by atoms with Crippen molar-refractivity contribution in [2.75, 3.05) is 4.90 Å². The maximum atomic E-state index is 13.2. The van der Waals surface area contributed by atoms with E-state index in [-0.39, 0.29) is 10.6 Å². The Bertz CT molecular complexity index is 1080. The summed E-state index contributed by atoms with van der Waals surface area (Å²) in [5.74, 6) is -0.386. The van der Waals surface area contributed by atoms with Crippen LogP contribution in [0.2, 0.25) is 0 Å². The summed E-state index contributed by atoms with van der Waals surface area (Å²) in [7, 11) is 0. The van der Waals surface area contributed by atoms with Crippen molar-refractivity contribution in [2.45, 2.75) is 0 Å². The van der Waals surface area contributed by atoms with Crippen molar-refractivity contribution < 1.29 is 18.7 Å². The second-order valence-electron chi connectivity index (χ2n) is 6.05. The van der Waals surface area contributed by atoms with Crippen LogP contribution >= 0.6 is 11.6 Å². The first-order chi connectivity index (χ1) is 13.5. The first-order valence-corrected chi connectivity index (χ1v) is 8.80. The van der Waals surface area contributed by atoms with Crippen LogP contribution in [0.15, 0.2) is 83.9 Å². The van der Waals surface area contributed by atoms with Gasteiger partial charge in [-0.05, 0) is 54.1 Å². The molecule has 28 heavy (non-hydrogen) atoms. The molecule has 4 rings (SSSR count). The molecular weight excluding hydrogens is 381 g/mol. The van der Waals surface area contributed by atoms with Crippen LogP contribution < -0.4 is 9.64 Å². The fourth-order valence-electron chi connectivity index (χ4n) is 2.89. The van der Waals surface area contributed by atoms with E-state index in [1.807, 2.05) is 30.3 Å². The fraction of sp³-hybridized carbons (Fsp3) is 0. The van der Waals surface area contributed by atoms with E-state index in [0.717, 1.165) is 4.90 Å². The van der Waals surface area contributed by atoms with Gasteiger partial charge in [0.05, 0.1) is 11.3 Å². The Kier molecular flexibility index (Phi) is 4.67. The number of carbonyl (C=O) groups is 2. The first-order valence-electron chi connectivity index (χ1n) is 8.42. The van der Waals surface area contributed by atoms with Crippen LogP contribution in [0.1, 0.15) is 5.56 Å². The average molecular weight is 394 g/mol. The molecule has 3 aromatic carbocycles. The normalized spacial score (nSPS) is 14.0. The Morgan fingerprint density at radius 2 is 1.36 bits per heavy atom. The topological polar surface area (TPSA) is 46.6 Å². The molecule has 0 aliphatic carbocycles. The minimum atomic E-state index is -0.622. The van der Waals surface area contributed by atoms with Crippen molar-refractivity contribution >= 4 is 34.7 Å². The molecule has 0 aromatic heterocycles. The van der Waals surface area contributed by atoms with Gasteiger partial charge in [0.2, 0.25) is 0 Å². The van der Waals surface area contributed by atoms with Gasteiger partial charge in [0.25, 0.3) is 11.8 Å². The SMILES string of the molecule is O=C1C(Cl)=C(c2ccc(F)cc2)C(=O)N1c1ccc(Oc2ccccc2)cc1. The maximum absolute atomic E-state index is 13.2. The molecule has 0 radical (unpaired) electrons. The van der Waals surface area contributed by atoms with Gasteiger partial charge in [-0.15, -0.1) is 0 Å². The number of nitrogens with zero attached hydrogens (tertiary/aromatic N) is 1. The van der Waals surface area contributed by atoms with Gasteiger partial charge in [-0.25, -0.2) is 9.29 Å². The van der Waals surface area contributed by atoms with Crippen molar-refractivity contribution in [3.63, 3.8) is 0 Å². The third kappa shape index (κ3) is 3.28. The van der Waals surface area contributed by atoms with Crippen molar-refractivity contribution in [2.24, 2.45) is 0 Å². The molecule has 1 aliphatic rings. The molecule has 0 fully saturated rings. The van der Waals surface area contributed by atoms with Crippen LogP contribution in [-0.4, -0.2) is 11.8 Å². The lowest BCUT2D eigenvalue weighted by molar-refractivity contribution is -0.119. The van der Waals surface area contributed by atoms with E-state index in [0.29, 0.717) is 22.7 Å². The zero-order valence-corrected chi connectivity index (χ0v) is 15.2. The number of benzene rings is 3. The van der Waals surface area contributed by atoms with E-state index < -0.39 is 17.6 Å². The number of rotatable bonds is 4. The summed E-state index contributed by atoms with van der Waals surface area (Å²) < 4.78 is 18.9. The summed E-state index contributed by atoms with van der Waals surface area (Å²) in [6, 6.07) is 21.0. The Morgan fingerprint density at radius 1 is 0.750 bits per heavy atom. The molecule has 4 nitrogen and oxygen atoms in total. The van der Waals surface area contributed by atoms with Gasteiger partial charge in [-0.2, -0.15) is 0 Å². The summed E-state index contributed by atoms with van der Waals surface area (Å²) in [4.78, 5) is 26.4. The highest BCUT2D eigenvalue weighted by atomic mass is 35.5. The van der Waals surface area contributed by atoms with E-state index in [2.05, 4.69) is 0 Å². The fourth-order valence-corrected chi connectivity index (χ4v) is 3.17. The van der Waals surface area contributed by atoms with E-state index in [1.54, 1.807) is 24.3 Å². The number of hydrogen-bond donors (Lipinski definition) is 0. The van der Waals surface area contributed by atoms with Gasteiger partial charge in [-0.1, -0.05) is 41.9 Å². The van der Waals surface area contributed by atoms with Crippen LogP contribution in [0, 0.1) is 5.82 Å². The van der Waals surface area contributed by atoms with E-state index >= 15 is 0 Å². The summed E-state index contributed by atoms with van der Waals surface area (Å²) in [6.45, 7) is 0. The van der Waals surface area contributed by atoms with Crippen molar-refractivity contribution in [3.8, 4) is 11.5 Å². The third-order valence-electron chi connectivity index (χ3n) is 4.23. The molecule has 0 N–H and O–H groups in total. The molecule has 0 saturated heterocycles. The number of carbonyl (C=O) groups excluding carboxylic acids is 2. The predicted molar refractivity (Wildman–Crippen MR) is 105 cm³/mol. The highest BCUT2D eigenvalue weighted by Crippen LogP contribution is 2.35. The van der Waals surface area contributed by atoms with Gasteiger partial charge in [0.1, 0.15) is 22.3 Å². The van der Waals surface area contributed by atoms with Crippen molar-refractivity contribution in [1.82, 2.24) is 0 Å². The predicted octanol–water partition coefficient (Wildman–Crippen LogP) is 5.14. The number of halogens is 2. The number of para-hydroxylation sites is 1. The number of hydrogen-bond acceptors (Lipinski definition) is 3. The van der Waals surface area contributed by atoms with E-state index in [1.165, 1.54) is 24.3 Å². The quantitative estimate of drug-likeness (QED) is 0.576. The standard InChI is InChI=1S/C22H13ClFNO3/c23-20-19(14-6-8-15(24)9-7-14)21(26)25(22(20)27)16-10-12-18(13-11-16)28-17-4-2-1-3-5-17/h1-13H. The lowest BCUT2D eigenvalue weighted by Crippen LogP contribution is -2.31. The van der Waals surface area contributed by atoms with Crippen molar-refractivity contribution in [3.05, 3.63) is 95.3 Å². The molecule has 0 saturated carbocycles. The molecule has 1 heterocycles. The van der Waals surface area contributed by atoms with E-state index in [9.17, 15) is 14.0 Å². The summed E-state index contributed by atoms with van der Waals surface area (Å²) in [6.07, 6.45) is 0. The van der Waals surface area contributed by atoms with Crippen LogP contribution in [0.25, 0.3) is 5.57 Å². The second kappa shape index (κ2) is 7.29. The number of amides is 2. The Hall–Kier alpha value is -3.44. The first kappa shape index (κ1) is 17.9. The molecule has 138 valence electrons. The lowest BCUT2D eigenvalue weighted by atomic mass is 10.1. The zero-order valence-electron chi connectivity index (χ0n) is 14.4. The summed E-state index contributed by atoms with van der Waals surface area (Å²) in [5.41, 5.74) is 0.804. The van der Waals surface area contributed by atoms with E-state index in [4.69, 9.17) is 16.3 Å². The Labute approximate surface area is 165 Å². The van der Waals surface area contributed by atoms with Gasteiger partial charge in [0.15, 0.2) is 0 Å². The minimum absolute atomic E-state index is 0.0521. The van der Waals surface area contributed by atoms with Crippen LogP contribution in [0.3, 0.4) is 0 Å². The summed E-state index contributed by atoms with van der Waals surface area (Å²) >= 11 is 6.13. The molecule has 0 bridgehead atoms. The smallest absolute Gasteiger partial charge is 0.277 e. The Balaban J connectivity index is 1.59. The number of imide groups is 1. The van der Waals surface area contributed by atoms with Crippen molar-refractivity contribution in [1.29, 1.82) is 0 Å². The highest BCUT2D eigenvalue weighted by Gasteiger charge is 2.39. The molecule has 0 atom stereocenters. The molecular formula is C22H13ClFNO3. The highest BCUT2D eigenvalue weighted by molar-refractivity contribution is 6.60. The Morgan fingerprint density at radius 3 is 2.00 bits per heavy atom. The van der Waals surface area contributed by atoms with Gasteiger partial charge < -0.3 is 4.74 Å². The molecule has 6 heteroatoms. The van der Waals surface area contributed by atoms with Gasteiger partial charge in [-0.3, -0.25) is 9.59 Å². The molecule has 0 unspecified atom stereocenters. The molecule has 2 amide bonds. The van der Waals surface area contributed by atoms with Crippen LogP contribution in [0.5, 0.6) is 11.5 Å². The average Bonchev–Trinajstić information content (AvgIpc) is 2.93. The summed E-state index contributed by atoms with van der Waals surface area (Å²) in [5, 5.41) is -0.193. The molecule has 1 aliphatic heterocycles.